The quantitative estimate of drug-likeness (QED) is 0.233. The molecule has 10 heteroatoms. The number of halogens is 3. The third kappa shape index (κ3) is 6.43. The maximum absolute atomic E-state index is 13.9. The number of aromatic nitrogens is 1. The monoisotopic (exact) mass is 550 g/mol. The van der Waals surface area contributed by atoms with Crippen molar-refractivity contribution < 1.29 is 33.2 Å². The Balaban J connectivity index is 1.35. The average molecular weight is 551 g/mol. The second-order valence-electron chi connectivity index (χ2n) is 9.84. The van der Waals surface area contributed by atoms with Gasteiger partial charge in [-0.2, -0.15) is 0 Å². The Kier molecular flexibility index (Phi) is 9.54. The van der Waals surface area contributed by atoms with Crippen LogP contribution in [0.15, 0.2) is 41.4 Å². The van der Waals surface area contributed by atoms with Gasteiger partial charge in [0, 0.05) is 47.0 Å². The number of piperidine rings is 1. The van der Waals surface area contributed by atoms with Crippen molar-refractivity contribution in [1.29, 1.82) is 0 Å². The van der Waals surface area contributed by atoms with Crippen LogP contribution in [0, 0.1) is 22.9 Å². The van der Waals surface area contributed by atoms with E-state index in [0.717, 1.165) is 36.1 Å². The third-order valence-corrected chi connectivity index (χ3v) is 8.52. The number of ether oxygens (including phenoxy) is 1. The van der Waals surface area contributed by atoms with Crippen molar-refractivity contribution >= 4 is 22.7 Å². The zero-order chi connectivity index (χ0) is 27.3. The van der Waals surface area contributed by atoms with Gasteiger partial charge in [0.25, 0.3) is 0 Å². The fraction of sp³-hybridized carbons (Fsp3) is 0.464. The van der Waals surface area contributed by atoms with Crippen molar-refractivity contribution in [1.82, 2.24) is 9.88 Å². The van der Waals surface area contributed by atoms with Crippen molar-refractivity contribution in [3.63, 3.8) is 0 Å². The van der Waals surface area contributed by atoms with E-state index in [1.165, 1.54) is 0 Å². The molecule has 1 atom stereocenters. The molecule has 1 aliphatic heterocycles. The standard InChI is InChI=1S/C28H33F3N2O4S/c1-37-20-2-3-23-21(14-20)26(18(16-34)15-32-23)24(36)4-5-28(17-35)6-8-33(9-7-28)10-11-38-25-13-19(29)12-22(30)27(25)31/h2-3,12-15,24,34-36H,4-11,16-17H2,1H3. The van der Waals surface area contributed by atoms with Crippen LogP contribution in [0.25, 0.3) is 10.9 Å². The van der Waals surface area contributed by atoms with Crippen LogP contribution in [-0.4, -0.2) is 64.3 Å². The van der Waals surface area contributed by atoms with Crippen molar-refractivity contribution in [3.8, 4) is 5.75 Å². The van der Waals surface area contributed by atoms with Crippen molar-refractivity contribution in [2.75, 3.05) is 39.1 Å². The molecular weight excluding hydrogens is 517 g/mol. The molecule has 38 heavy (non-hydrogen) atoms. The Morgan fingerprint density at radius 3 is 2.58 bits per heavy atom. The Labute approximate surface area is 224 Å². The molecule has 3 N–H and O–H groups in total. The summed E-state index contributed by atoms with van der Waals surface area (Å²) in [5.74, 6) is -1.91. The van der Waals surface area contributed by atoms with Crippen LogP contribution in [0.2, 0.25) is 0 Å². The highest BCUT2D eigenvalue weighted by Crippen LogP contribution is 2.40. The van der Waals surface area contributed by atoms with Crippen LogP contribution in [0.3, 0.4) is 0 Å². The maximum Gasteiger partial charge on any atom is 0.172 e. The number of thioether (sulfide) groups is 1. The van der Waals surface area contributed by atoms with Gasteiger partial charge in [0.2, 0.25) is 0 Å². The molecule has 0 spiro atoms. The summed E-state index contributed by atoms with van der Waals surface area (Å²) in [5.41, 5.74) is 1.53. The van der Waals surface area contributed by atoms with Gasteiger partial charge >= 0.3 is 0 Å². The Bertz CT molecular complexity index is 1250. The Morgan fingerprint density at radius 1 is 1.13 bits per heavy atom. The molecule has 0 amide bonds. The van der Waals surface area contributed by atoms with Gasteiger partial charge in [-0.05, 0) is 74.0 Å². The molecule has 1 fully saturated rings. The minimum atomic E-state index is -1.19. The number of benzene rings is 2. The summed E-state index contributed by atoms with van der Waals surface area (Å²) in [4.78, 5) is 6.54. The number of hydrogen-bond donors (Lipinski definition) is 3. The summed E-state index contributed by atoms with van der Waals surface area (Å²) >= 11 is 1.08. The number of likely N-dealkylation sites (tertiary alicyclic amines) is 1. The number of fused-ring (bicyclic) bond motifs is 1. The summed E-state index contributed by atoms with van der Waals surface area (Å²) in [6.07, 6.45) is 3.18. The van der Waals surface area contributed by atoms with Gasteiger partial charge in [-0.15, -0.1) is 11.8 Å². The molecule has 1 aliphatic rings. The number of hydrogen-bond acceptors (Lipinski definition) is 7. The Morgan fingerprint density at radius 2 is 1.89 bits per heavy atom. The van der Waals surface area contributed by atoms with E-state index < -0.39 is 23.6 Å². The molecule has 1 aromatic heterocycles. The van der Waals surface area contributed by atoms with E-state index in [0.29, 0.717) is 66.7 Å². The number of methoxy groups -OCH3 is 1. The van der Waals surface area contributed by atoms with Gasteiger partial charge in [-0.25, -0.2) is 13.2 Å². The predicted molar refractivity (Wildman–Crippen MR) is 141 cm³/mol. The number of nitrogens with zero attached hydrogens (tertiary/aromatic N) is 2. The molecule has 0 bridgehead atoms. The molecule has 0 radical (unpaired) electrons. The molecule has 2 aromatic carbocycles. The SMILES string of the molecule is COc1ccc2ncc(CO)c(C(O)CCC3(CO)CCN(CCSc4cc(F)cc(F)c4F)CC3)c2c1. The van der Waals surface area contributed by atoms with Crippen LogP contribution >= 0.6 is 11.8 Å². The topological polar surface area (TPSA) is 86.0 Å². The summed E-state index contributed by atoms with van der Waals surface area (Å²) in [6, 6.07) is 6.96. The van der Waals surface area contributed by atoms with Crippen molar-refractivity contribution in [2.45, 2.75) is 43.3 Å². The van der Waals surface area contributed by atoms with E-state index in [4.69, 9.17) is 4.74 Å². The molecule has 0 saturated carbocycles. The molecule has 2 heterocycles. The second kappa shape index (κ2) is 12.7. The molecule has 1 unspecified atom stereocenters. The molecule has 206 valence electrons. The van der Waals surface area contributed by atoms with E-state index >= 15 is 0 Å². The van der Waals surface area contributed by atoms with E-state index in [2.05, 4.69) is 9.88 Å². The maximum atomic E-state index is 13.9. The summed E-state index contributed by atoms with van der Waals surface area (Å²) in [5, 5.41) is 32.1. The lowest BCUT2D eigenvalue weighted by atomic mass is 9.74. The number of aliphatic hydroxyl groups excluding tert-OH is 3. The van der Waals surface area contributed by atoms with E-state index in [9.17, 15) is 28.5 Å². The van der Waals surface area contributed by atoms with E-state index in [1.54, 1.807) is 19.4 Å². The zero-order valence-electron chi connectivity index (χ0n) is 21.3. The lowest BCUT2D eigenvalue weighted by molar-refractivity contribution is 0.0252. The first-order valence-corrected chi connectivity index (χ1v) is 13.6. The first kappa shape index (κ1) is 28.6. The summed E-state index contributed by atoms with van der Waals surface area (Å²) in [6.45, 7) is 1.80. The molecule has 1 saturated heterocycles. The first-order chi connectivity index (χ1) is 18.3. The second-order valence-corrected chi connectivity index (χ2v) is 11.0. The largest absolute Gasteiger partial charge is 0.497 e. The minimum absolute atomic E-state index is 0.00609. The normalized spacial score (nSPS) is 16.6. The molecular formula is C28H33F3N2O4S. The summed E-state index contributed by atoms with van der Waals surface area (Å²) < 4.78 is 46.1. The molecule has 4 rings (SSSR count). The zero-order valence-corrected chi connectivity index (χ0v) is 22.1. The molecule has 6 nitrogen and oxygen atoms in total. The van der Waals surface area contributed by atoms with Crippen LogP contribution < -0.4 is 4.74 Å². The highest BCUT2D eigenvalue weighted by molar-refractivity contribution is 7.99. The fourth-order valence-electron chi connectivity index (χ4n) is 5.13. The van der Waals surface area contributed by atoms with E-state index in [-0.39, 0.29) is 23.5 Å². The smallest absolute Gasteiger partial charge is 0.172 e. The Hall–Kier alpha value is -2.37. The van der Waals surface area contributed by atoms with Gasteiger partial charge < -0.3 is 25.0 Å². The number of pyridine rings is 1. The lowest BCUT2D eigenvalue weighted by Gasteiger charge is -2.41. The minimum Gasteiger partial charge on any atom is -0.497 e. The van der Waals surface area contributed by atoms with Gasteiger partial charge in [-0.1, -0.05) is 0 Å². The average Bonchev–Trinajstić information content (AvgIpc) is 2.94. The number of rotatable bonds is 11. The third-order valence-electron chi connectivity index (χ3n) is 7.53. The number of aliphatic hydroxyl groups is 3. The van der Waals surface area contributed by atoms with E-state index in [1.807, 2.05) is 12.1 Å². The van der Waals surface area contributed by atoms with Gasteiger partial charge in [0.05, 0.1) is 25.3 Å². The van der Waals surface area contributed by atoms with Crippen LogP contribution in [-0.2, 0) is 6.61 Å². The summed E-state index contributed by atoms with van der Waals surface area (Å²) in [7, 11) is 1.57. The van der Waals surface area contributed by atoms with Gasteiger partial charge in [0.15, 0.2) is 11.6 Å². The van der Waals surface area contributed by atoms with Crippen LogP contribution in [0.5, 0.6) is 5.75 Å². The first-order valence-electron chi connectivity index (χ1n) is 12.6. The van der Waals surface area contributed by atoms with Crippen molar-refractivity contribution in [2.24, 2.45) is 5.41 Å². The van der Waals surface area contributed by atoms with Crippen LogP contribution in [0.1, 0.15) is 42.9 Å². The van der Waals surface area contributed by atoms with Crippen molar-refractivity contribution in [3.05, 3.63) is 65.1 Å². The molecule has 3 aromatic rings. The highest BCUT2D eigenvalue weighted by Gasteiger charge is 2.34. The van der Waals surface area contributed by atoms with Gasteiger partial charge in [-0.3, -0.25) is 4.98 Å². The fourth-order valence-corrected chi connectivity index (χ4v) is 6.12. The predicted octanol–water partition coefficient (Wildman–Crippen LogP) is 4.83. The van der Waals surface area contributed by atoms with Gasteiger partial charge in [0.1, 0.15) is 11.6 Å². The molecule has 0 aliphatic carbocycles. The van der Waals surface area contributed by atoms with Crippen LogP contribution in [0.4, 0.5) is 13.2 Å². The highest BCUT2D eigenvalue weighted by atomic mass is 32.2. The lowest BCUT2D eigenvalue weighted by Crippen LogP contribution is -2.43.